The Kier molecular flexibility index (Phi) is 4.80. The molecule has 0 aliphatic heterocycles. The summed E-state index contributed by atoms with van der Waals surface area (Å²) < 4.78 is 0. The van der Waals surface area contributed by atoms with E-state index in [9.17, 15) is 0 Å². The van der Waals surface area contributed by atoms with Crippen LogP contribution in [0.2, 0.25) is 5.02 Å². The summed E-state index contributed by atoms with van der Waals surface area (Å²) in [5, 5.41) is 12.8. The van der Waals surface area contributed by atoms with E-state index in [-0.39, 0.29) is 5.54 Å². The predicted molar refractivity (Wildman–Crippen MR) is 72.2 cm³/mol. The second kappa shape index (κ2) is 5.90. The van der Waals surface area contributed by atoms with E-state index in [0.29, 0.717) is 17.1 Å². The van der Waals surface area contributed by atoms with Crippen LogP contribution in [0, 0.1) is 11.3 Å². The molecule has 0 amide bonds. The number of anilines is 1. The van der Waals surface area contributed by atoms with E-state index in [1.807, 2.05) is 6.07 Å². The molecule has 0 saturated carbocycles. The number of nitrogens with one attached hydrogen (secondary N) is 1. The van der Waals surface area contributed by atoms with Gasteiger partial charge in [-0.05, 0) is 31.0 Å². The average molecular weight is 252 g/mol. The Morgan fingerprint density at radius 2 is 2.06 bits per heavy atom. The second-order valence-corrected chi connectivity index (χ2v) is 4.66. The SMILES string of the molecule is CCC(N)(CC)CNc1ccc(Cl)cc1C#N. The summed E-state index contributed by atoms with van der Waals surface area (Å²) in [6.45, 7) is 4.78. The minimum atomic E-state index is -0.230. The van der Waals surface area contributed by atoms with Gasteiger partial charge in [-0.15, -0.1) is 0 Å². The number of rotatable bonds is 5. The molecule has 0 bridgehead atoms. The Morgan fingerprint density at radius 1 is 1.41 bits per heavy atom. The molecule has 0 aliphatic carbocycles. The van der Waals surface area contributed by atoms with Crippen LogP contribution in [0.15, 0.2) is 18.2 Å². The molecule has 92 valence electrons. The van der Waals surface area contributed by atoms with Crippen LogP contribution >= 0.6 is 11.6 Å². The number of nitrogens with two attached hydrogens (primary N) is 1. The van der Waals surface area contributed by atoms with Crippen LogP contribution < -0.4 is 11.1 Å². The smallest absolute Gasteiger partial charge is 0.101 e. The normalized spacial score (nSPS) is 11.0. The molecule has 0 radical (unpaired) electrons. The molecule has 0 aromatic heterocycles. The van der Waals surface area contributed by atoms with Crippen LogP contribution in [0.25, 0.3) is 0 Å². The van der Waals surface area contributed by atoms with Gasteiger partial charge in [-0.25, -0.2) is 0 Å². The van der Waals surface area contributed by atoms with Crippen molar-refractivity contribution in [1.82, 2.24) is 0 Å². The molecule has 1 aromatic rings. The van der Waals surface area contributed by atoms with Gasteiger partial charge in [0, 0.05) is 17.1 Å². The monoisotopic (exact) mass is 251 g/mol. The van der Waals surface area contributed by atoms with Crippen molar-refractivity contribution in [2.75, 3.05) is 11.9 Å². The number of nitriles is 1. The van der Waals surface area contributed by atoms with Crippen LogP contribution in [0.1, 0.15) is 32.3 Å². The Balaban J connectivity index is 2.80. The number of hydrogen-bond donors (Lipinski definition) is 2. The molecule has 0 unspecified atom stereocenters. The van der Waals surface area contributed by atoms with E-state index in [0.717, 1.165) is 18.5 Å². The van der Waals surface area contributed by atoms with E-state index >= 15 is 0 Å². The van der Waals surface area contributed by atoms with E-state index in [1.54, 1.807) is 12.1 Å². The first kappa shape index (κ1) is 13.8. The molecule has 0 fully saturated rings. The number of hydrogen-bond acceptors (Lipinski definition) is 3. The Morgan fingerprint density at radius 3 is 2.59 bits per heavy atom. The number of halogens is 1. The van der Waals surface area contributed by atoms with Crippen molar-refractivity contribution in [3.63, 3.8) is 0 Å². The summed E-state index contributed by atoms with van der Waals surface area (Å²) >= 11 is 5.84. The van der Waals surface area contributed by atoms with Gasteiger partial charge in [-0.2, -0.15) is 5.26 Å². The Hall–Kier alpha value is -1.24. The maximum Gasteiger partial charge on any atom is 0.101 e. The highest BCUT2D eigenvalue weighted by Gasteiger charge is 2.20. The predicted octanol–water partition coefficient (Wildman–Crippen LogP) is 3.14. The van der Waals surface area contributed by atoms with Crippen molar-refractivity contribution in [1.29, 1.82) is 5.26 Å². The number of benzene rings is 1. The molecule has 4 heteroatoms. The summed E-state index contributed by atoms with van der Waals surface area (Å²) in [5.74, 6) is 0. The van der Waals surface area contributed by atoms with Crippen LogP contribution in [-0.4, -0.2) is 12.1 Å². The van der Waals surface area contributed by atoms with Crippen LogP contribution in [-0.2, 0) is 0 Å². The zero-order chi connectivity index (χ0) is 12.9. The van der Waals surface area contributed by atoms with Crippen molar-refractivity contribution < 1.29 is 0 Å². The largest absolute Gasteiger partial charge is 0.382 e. The third-order valence-electron chi connectivity index (χ3n) is 3.14. The van der Waals surface area contributed by atoms with Gasteiger partial charge < -0.3 is 11.1 Å². The molecule has 0 atom stereocenters. The summed E-state index contributed by atoms with van der Waals surface area (Å²) in [6, 6.07) is 7.35. The quantitative estimate of drug-likeness (QED) is 0.845. The minimum Gasteiger partial charge on any atom is -0.382 e. The molecule has 0 spiro atoms. The highest BCUT2D eigenvalue weighted by molar-refractivity contribution is 6.30. The molecular formula is C13H18ClN3. The minimum absolute atomic E-state index is 0.230. The van der Waals surface area contributed by atoms with Gasteiger partial charge in [0.2, 0.25) is 0 Å². The Bertz CT molecular complexity index is 419. The third kappa shape index (κ3) is 3.62. The molecular weight excluding hydrogens is 234 g/mol. The molecule has 0 aliphatic rings. The molecule has 0 saturated heterocycles. The first-order valence-corrected chi connectivity index (χ1v) is 6.15. The van der Waals surface area contributed by atoms with Crippen molar-refractivity contribution in [3.05, 3.63) is 28.8 Å². The van der Waals surface area contributed by atoms with Gasteiger partial charge in [-0.3, -0.25) is 0 Å². The molecule has 1 rings (SSSR count). The summed E-state index contributed by atoms with van der Waals surface area (Å²) in [5.41, 5.74) is 7.30. The lowest BCUT2D eigenvalue weighted by molar-refractivity contribution is 0.418. The molecule has 17 heavy (non-hydrogen) atoms. The fourth-order valence-corrected chi connectivity index (χ4v) is 1.71. The lowest BCUT2D eigenvalue weighted by atomic mass is 9.94. The van der Waals surface area contributed by atoms with Crippen LogP contribution in [0.3, 0.4) is 0 Å². The molecule has 0 heterocycles. The fourth-order valence-electron chi connectivity index (χ4n) is 1.53. The first-order chi connectivity index (χ1) is 8.04. The van der Waals surface area contributed by atoms with E-state index in [4.69, 9.17) is 22.6 Å². The topological polar surface area (TPSA) is 61.8 Å². The second-order valence-electron chi connectivity index (χ2n) is 4.22. The average Bonchev–Trinajstić information content (AvgIpc) is 2.36. The third-order valence-corrected chi connectivity index (χ3v) is 3.38. The molecule has 3 N–H and O–H groups in total. The highest BCUT2D eigenvalue weighted by atomic mass is 35.5. The fraction of sp³-hybridized carbons (Fsp3) is 0.462. The lowest BCUT2D eigenvalue weighted by Gasteiger charge is -2.27. The van der Waals surface area contributed by atoms with E-state index in [1.165, 1.54) is 0 Å². The van der Waals surface area contributed by atoms with Gasteiger partial charge in [-0.1, -0.05) is 25.4 Å². The number of nitrogens with zero attached hydrogens (tertiary/aromatic N) is 1. The van der Waals surface area contributed by atoms with Crippen molar-refractivity contribution >= 4 is 17.3 Å². The van der Waals surface area contributed by atoms with Gasteiger partial charge >= 0.3 is 0 Å². The van der Waals surface area contributed by atoms with Crippen molar-refractivity contribution in [2.24, 2.45) is 5.73 Å². The van der Waals surface area contributed by atoms with Crippen molar-refractivity contribution in [3.8, 4) is 6.07 Å². The summed E-state index contributed by atoms with van der Waals surface area (Å²) in [7, 11) is 0. The zero-order valence-corrected chi connectivity index (χ0v) is 11.0. The van der Waals surface area contributed by atoms with Crippen LogP contribution in [0.4, 0.5) is 5.69 Å². The van der Waals surface area contributed by atoms with E-state index in [2.05, 4.69) is 25.2 Å². The summed E-state index contributed by atoms with van der Waals surface area (Å²) in [6.07, 6.45) is 1.79. The Labute approximate surface area is 108 Å². The van der Waals surface area contributed by atoms with Crippen LogP contribution in [0.5, 0.6) is 0 Å². The highest BCUT2D eigenvalue weighted by Crippen LogP contribution is 2.21. The van der Waals surface area contributed by atoms with Gasteiger partial charge in [0.15, 0.2) is 0 Å². The first-order valence-electron chi connectivity index (χ1n) is 5.77. The van der Waals surface area contributed by atoms with Gasteiger partial charge in [0.1, 0.15) is 6.07 Å². The lowest BCUT2D eigenvalue weighted by Crippen LogP contribution is -2.45. The maximum absolute atomic E-state index is 9.01. The van der Waals surface area contributed by atoms with Crippen molar-refractivity contribution in [2.45, 2.75) is 32.2 Å². The summed E-state index contributed by atoms with van der Waals surface area (Å²) in [4.78, 5) is 0. The molecule has 1 aromatic carbocycles. The zero-order valence-electron chi connectivity index (χ0n) is 10.3. The van der Waals surface area contributed by atoms with Gasteiger partial charge in [0.05, 0.1) is 11.3 Å². The molecule has 3 nitrogen and oxygen atoms in total. The maximum atomic E-state index is 9.01. The standard InChI is InChI=1S/C13H18ClN3/c1-3-13(16,4-2)9-17-12-6-5-11(14)7-10(12)8-15/h5-7,17H,3-4,9,16H2,1-2H3. The van der Waals surface area contributed by atoms with Gasteiger partial charge in [0.25, 0.3) is 0 Å². The van der Waals surface area contributed by atoms with E-state index < -0.39 is 0 Å².